The molecule has 1 aliphatic rings. The average molecular weight is 250 g/mol. The van der Waals surface area contributed by atoms with E-state index in [1.807, 2.05) is 0 Å². The zero-order valence-corrected chi connectivity index (χ0v) is 10.8. The first-order valence-corrected chi connectivity index (χ1v) is 6.26. The monoisotopic (exact) mass is 250 g/mol. The molecule has 1 aromatic carbocycles. The minimum absolute atomic E-state index is 0.0237. The molecule has 0 aliphatic heterocycles. The van der Waals surface area contributed by atoms with Crippen LogP contribution in [0.2, 0.25) is 0 Å². The van der Waals surface area contributed by atoms with E-state index in [0.717, 1.165) is 19.3 Å². The van der Waals surface area contributed by atoms with Gasteiger partial charge in [0.1, 0.15) is 11.5 Å². The van der Waals surface area contributed by atoms with E-state index in [-0.39, 0.29) is 28.6 Å². The highest BCUT2D eigenvalue weighted by Crippen LogP contribution is 2.43. The quantitative estimate of drug-likeness (QED) is 0.792. The second kappa shape index (κ2) is 4.59. The van der Waals surface area contributed by atoms with Gasteiger partial charge in [-0.3, -0.25) is 4.79 Å². The molecule has 1 atom stereocenters. The SMILES string of the molecule is CC1(C)CCCC1C(=O)Nc1c(N)cccc1F. The fourth-order valence-corrected chi connectivity index (χ4v) is 2.70. The number of carbonyl (C=O) groups excluding carboxylic acids is 1. The number of hydrogen-bond donors (Lipinski definition) is 2. The first-order valence-electron chi connectivity index (χ1n) is 6.26. The summed E-state index contributed by atoms with van der Waals surface area (Å²) >= 11 is 0. The van der Waals surface area contributed by atoms with Gasteiger partial charge in [-0.1, -0.05) is 26.3 Å². The number of nitrogen functional groups attached to an aromatic ring is 1. The number of para-hydroxylation sites is 1. The van der Waals surface area contributed by atoms with Crippen LogP contribution in [-0.4, -0.2) is 5.91 Å². The van der Waals surface area contributed by atoms with Crippen molar-refractivity contribution in [3.63, 3.8) is 0 Å². The number of nitrogens with two attached hydrogens (primary N) is 1. The van der Waals surface area contributed by atoms with Crippen LogP contribution >= 0.6 is 0 Å². The van der Waals surface area contributed by atoms with Crippen LogP contribution in [-0.2, 0) is 4.79 Å². The lowest BCUT2D eigenvalue weighted by Crippen LogP contribution is -2.31. The Labute approximate surface area is 107 Å². The normalized spacial score (nSPS) is 21.8. The van der Waals surface area contributed by atoms with Crippen LogP contribution in [0.1, 0.15) is 33.1 Å². The van der Waals surface area contributed by atoms with Crippen molar-refractivity contribution in [3.8, 4) is 0 Å². The van der Waals surface area contributed by atoms with Crippen molar-refractivity contribution in [2.24, 2.45) is 11.3 Å². The van der Waals surface area contributed by atoms with E-state index in [1.54, 1.807) is 6.07 Å². The molecule has 3 nitrogen and oxygen atoms in total. The van der Waals surface area contributed by atoms with Gasteiger partial charge in [-0.25, -0.2) is 4.39 Å². The largest absolute Gasteiger partial charge is 0.397 e. The average Bonchev–Trinajstić information content (AvgIpc) is 2.63. The summed E-state index contributed by atoms with van der Waals surface area (Å²) in [5.74, 6) is -0.690. The van der Waals surface area contributed by atoms with E-state index < -0.39 is 5.82 Å². The maximum atomic E-state index is 13.6. The van der Waals surface area contributed by atoms with Crippen LogP contribution in [0.4, 0.5) is 15.8 Å². The molecule has 1 saturated carbocycles. The maximum Gasteiger partial charge on any atom is 0.228 e. The molecule has 1 aliphatic carbocycles. The second-order valence-corrected chi connectivity index (χ2v) is 5.63. The van der Waals surface area contributed by atoms with Gasteiger partial charge in [0.2, 0.25) is 5.91 Å². The third kappa shape index (κ3) is 2.33. The lowest BCUT2D eigenvalue weighted by atomic mass is 9.81. The van der Waals surface area contributed by atoms with Crippen molar-refractivity contribution in [3.05, 3.63) is 24.0 Å². The molecule has 1 fully saturated rings. The van der Waals surface area contributed by atoms with Crippen LogP contribution in [0.3, 0.4) is 0 Å². The molecule has 0 radical (unpaired) electrons. The molecule has 1 aromatic rings. The van der Waals surface area contributed by atoms with E-state index in [9.17, 15) is 9.18 Å². The smallest absolute Gasteiger partial charge is 0.228 e. The number of halogens is 1. The summed E-state index contributed by atoms with van der Waals surface area (Å²) in [4.78, 5) is 12.2. The molecule has 0 bridgehead atoms. The van der Waals surface area contributed by atoms with E-state index in [1.165, 1.54) is 12.1 Å². The zero-order chi connectivity index (χ0) is 13.3. The Hall–Kier alpha value is -1.58. The summed E-state index contributed by atoms with van der Waals surface area (Å²) in [5.41, 5.74) is 6.02. The third-order valence-corrected chi connectivity index (χ3v) is 3.87. The minimum atomic E-state index is -0.487. The zero-order valence-electron chi connectivity index (χ0n) is 10.8. The Morgan fingerprint density at radius 1 is 1.50 bits per heavy atom. The van der Waals surface area contributed by atoms with Crippen molar-refractivity contribution in [2.75, 3.05) is 11.1 Å². The van der Waals surface area contributed by atoms with Crippen molar-refractivity contribution >= 4 is 17.3 Å². The maximum absolute atomic E-state index is 13.6. The van der Waals surface area contributed by atoms with Gasteiger partial charge < -0.3 is 11.1 Å². The summed E-state index contributed by atoms with van der Waals surface area (Å²) in [6, 6.07) is 4.41. The number of hydrogen-bond acceptors (Lipinski definition) is 2. The number of anilines is 2. The van der Waals surface area contributed by atoms with Gasteiger partial charge in [0.15, 0.2) is 0 Å². The van der Waals surface area contributed by atoms with Crippen LogP contribution in [0.5, 0.6) is 0 Å². The number of carbonyl (C=O) groups is 1. The molecular weight excluding hydrogens is 231 g/mol. The summed E-state index contributed by atoms with van der Waals surface area (Å²) in [6.45, 7) is 4.16. The van der Waals surface area contributed by atoms with Crippen LogP contribution in [0, 0.1) is 17.2 Å². The molecular formula is C14H19FN2O. The topological polar surface area (TPSA) is 55.1 Å². The highest BCUT2D eigenvalue weighted by atomic mass is 19.1. The molecule has 18 heavy (non-hydrogen) atoms. The predicted octanol–water partition coefficient (Wildman–Crippen LogP) is 3.17. The van der Waals surface area contributed by atoms with Gasteiger partial charge in [-0.2, -0.15) is 0 Å². The lowest BCUT2D eigenvalue weighted by Gasteiger charge is -2.26. The van der Waals surface area contributed by atoms with Crippen molar-refractivity contribution in [2.45, 2.75) is 33.1 Å². The Balaban J connectivity index is 2.17. The molecule has 0 spiro atoms. The van der Waals surface area contributed by atoms with Crippen molar-refractivity contribution in [1.29, 1.82) is 0 Å². The van der Waals surface area contributed by atoms with Crippen LogP contribution < -0.4 is 11.1 Å². The molecule has 4 heteroatoms. The Morgan fingerprint density at radius 2 is 2.22 bits per heavy atom. The predicted molar refractivity (Wildman–Crippen MR) is 70.6 cm³/mol. The number of benzene rings is 1. The van der Waals surface area contributed by atoms with Gasteiger partial charge in [-0.15, -0.1) is 0 Å². The highest BCUT2D eigenvalue weighted by molar-refractivity contribution is 5.96. The van der Waals surface area contributed by atoms with Crippen LogP contribution in [0.15, 0.2) is 18.2 Å². The Morgan fingerprint density at radius 3 is 2.78 bits per heavy atom. The van der Waals surface area contributed by atoms with Crippen molar-refractivity contribution < 1.29 is 9.18 Å². The standard InChI is InChI=1S/C14H19FN2O/c1-14(2)8-4-5-9(14)13(18)17-12-10(15)6-3-7-11(12)16/h3,6-7,9H,4-5,8,16H2,1-2H3,(H,17,18). The highest BCUT2D eigenvalue weighted by Gasteiger charge is 2.39. The Kier molecular flexibility index (Phi) is 3.28. The molecule has 0 heterocycles. The van der Waals surface area contributed by atoms with E-state index in [4.69, 9.17) is 5.73 Å². The molecule has 1 amide bonds. The molecule has 2 rings (SSSR count). The first kappa shape index (κ1) is 12.9. The van der Waals surface area contributed by atoms with E-state index in [0.29, 0.717) is 0 Å². The summed E-state index contributed by atoms with van der Waals surface area (Å²) < 4.78 is 13.6. The van der Waals surface area contributed by atoms with Gasteiger partial charge in [0.05, 0.1) is 5.69 Å². The number of amides is 1. The number of nitrogens with one attached hydrogen (secondary N) is 1. The lowest BCUT2D eigenvalue weighted by molar-refractivity contribution is -0.122. The van der Waals surface area contributed by atoms with E-state index in [2.05, 4.69) is 19.2 Å². The Bertz CT molecular complexity index is 451. The summed E-state index contributed by atoms with van der Waals surface area (Å²) in [7, 11) is 0. The second-order valence-electron chi connectivity index (χ2n) is 5.63. The van der Waals surface area contributed by atoms with Crippen molar-refractivity contribution in [1.82, 2.24) is 0 Å². The van der Waals surface area contributed by atoms with Gasteiger partial charge >= 0.3 is 0 Å². The summed E-state index contributed by atoms with van der Waals surface area (Å²) in [6.07, 6.45) is 2.92. The first-order chi connectivity index (χ1) is 8.42. The molecule has 0 aromatic heterocycles. The molecule has 98 valence electrons. The van der Waals surface area contributed by atoms with Gasteiger partial charge in [0, 0.05) is 5.92 Å². The molecule has 1 unspecified atom stereocenters. The minimum Gasteiger partial charge on any atom is -0.397 e. The van der Waals surface area contributed by atoms with Crippen LogP contribution in [0.25, 0.3) is 0 Å². The van der Waals surface area contributed by atoms with Gasteiger partial charge in [-0.05, 0) is 30.4 Å². The van der Waals surface area contributed by atoms with Gasteiger partial charge in [0.25, 0.3) is 0 Å². The van der Waals surface area contributed by atoms with E-state index >= 15 is 0 Å². The molecule has 3 N–H and O–H groups in total. The summed E-state index contributed by atoms with van der Waals surface area (Å²) in [5, 5.41) is 2.64. The third-order valence-electron chi connectivity index (χ3n) is 3.87. The fourth-order valence-electron chi connectivity index (χ4n) is 2.70. The fraction of sp³-hybridized carbons (Fsp3) is 0.500. The number of rotatable bonds is 2. The molecule has 0 saturated heterocycles.